The molecule has 0 fully saturated rings. The predicted octanol–water partition coefficient (Wildman–Crippen LogP) is 3.66. The topological polar surface area (TPSA) is 148 Å². The van der Waals surface area contributed by atoms with Crippen LogP contribution in [0.2, 0.25) is 0 Å². The number of fused-ring (bicyclic) bond motifs is 1. The summed E-state index contributed by atoms with van der Waals surface area (Å²) < 4.78 is 17.9. The van der Waals surface area contributed by atoms with E-state index in [9.17, 15) is 19.7 Å². The molecule has 2 aromatic heterocycles. The van der Waals surface area contributed by atoms with Crippen LogP contribution in [0.25, 0.3) is 6.08 Å². The second-order valence-corrected chi connectivity index (χ2v) is 11.0. The van der Waals surface area contributed by atoms with Crippen molar-refractivity contribution in [1.82, 2.24) is 14.5 Å². The Morgan fingerprint density at radius 3 is 2.56 bits per heavy atom. The first kappa shape index (κ1) is 29.7. The Morgan fingerprint density at radius 1 is 1.14 bits per heavy atom. The second kappa shape index (κ2) is 12.6. The Kier molecular flexibility index (Phi) is 8.68. The van der Waals surface area contributed by atoms with E-state index in [0.717, 1.165) is 11.3 Å². The molecule has 14 heteroatoms. The van der Waals surface area contributed by atoms with Crippen LogP contribution < -0.4 is 24.4 Å². The van der Waals surface area contributed by atoms with E-state index in [1.807, 2.05) is 0 Å². The van der Waals surface area contributed by atoms with Crippen molar-refractivity contribution in [3.63, 3.8) is 0 Å². The molecule has 43 heavy (non-hydrogen) atoms. The van der Waals surface area contributed by atoms with Gasteiger partial charge in [-0.1, -0.05) is 17.4 Å². The van der Waals surface area contributed by atoms with E-state index in [1.165, 1.54) is 42.7 Å². The summed E-state index contributed by atoms with van der Waals surface area (Å²) in [6.07, 6.45) is 4.77. The smallest absolute Gasteiger partial charge is 0.338 e. The van der Waals surface area contributed by atoms with E-state index in [4.69, 9.17) is 14.2 Å². The minimum atomic E-state index is -0.881. The lowest BCUT2D eigenvalue weighted by Gasteiger charge is -2.25. The maximum atomic E-state index is 14.1. The van der Waals surface area contributed by atoms with Gasteiger partial charge in [-0.3, -0.25) is 19.5 Å². The summed E-state index contributed by atoms with van der Waals surface area (Å²) in [4.78, 5) is 52.4. The van der Waals surface area contributed by atoms with E-state index in [2.05, 4.69) is 15.0 Å². The Balaban J connectivity index is 1.72. The van der Waals surface area contributed by atoms with Gasteiger partial charge in [0.15, 0.2) is 21.5 Å². The number of carbonyl (C=O) groups is 1. The number of hydrogen-bond acceptors (Lipinski definition) is 12. The zero-order valence-electron chi connectivity index (χ0n) is 23.5. The highest BCUT2D eigenvalue weighted by Gasteiger charge is 2.34. The lowest BCUT2D eigenvalue weighted by molar-refractivity contribution is -0.384. The maximum Gasteiger partial charge on any atom is 0.338 e. The fraction of sp³-hybridized carbons (Fsp3) is 0.207. The van der Waals surface area contributed by atoms with E-state index in [0.29, 0.717) is 43.2 Å². The van der Waals surface area contributed by atoms with Gasteiger partial charge in [-0.05, 0) is 67.1 Å². The first-order chi connectivity index (χ1) is 20.7. The first-order valence-electron chi connectivity index (χ1n) is 12.9. The largest absolute Gasteiger partial charge is 0.493 e. The number of thiazole rings is 1. The summed E-state index contributed by atoms with van der Waals surface area (Å²) in [5, 5.41) is 12.0. The summed E-state index contributed by atoms with van der Waals surface area (Å²) in [5.41, 5.74) is 1.05. The van der Waals surface area contributed by atoms with Crippen LogP contribution in [0, 0.1) is 10.1 Å². The number of rotatable bonds is 9. The van der Waals surface area contributed by atoms with Crippen molar-refractivity contribution >= 4 is 40.8 Å². The zero-order chi connectivity index (χ0) is 30.7. The molecule has 4 aromatic rings. The van der Waals surface area contributed by atoms with Gasteiger partial charge in [-0.25, -0.2) is 19.8 Å². The lowest BCUT2D eigenvalue weighted by Crippen LogP contribution is -2.40. The minimum Gasteiger partial charge on any atom is -0.493 e. The molecule has 0 saturated carbocycles. The minimum absolute atomic E-state index is 0.136. The first-order valence-corrected chi connectivity index (χ1v) is 14.5. The molecule has 1 aliphatic rings. The van der Waals surface area contributed by atoms with E-state index in [-0.39, 0.29) is 22.4 Å². The third kappa shape index (κ3) is 5.92. The molecule has 3 heterocycles. The van der Waals surface area contributed by atoms with Crippen LogP contribution in [0.3, 0.4) is 0 Å². The molecule has 0 amide bonds. The SMILES string of the molecule is CCOC(=O)C1=C(C)N=c2s/c(=C/c3cc([N+](=O)[O-])ccc3Sc3ncccn3)c(=O)n2[C@@H]1c1ccc(OC)c(OC)c1. The number of aromatic nitrogens is 3. The van der Waals surface area contributed by atoms with Gasteiger partial charge in [0.05, 0.1) is 47.6 Å². The van der Waals surface area contributed by atoms with Gasteiger partial charge in [0.25, 0.3) is 11.2 Å². The molecular weight excluding hydrogens is 594 g/mol. The van der Waals surface area contributed by atoms with Crippen molar-refractivity contribution in [2.75, 3.05) is 20.8 Å². The Labute approximate surface area is 253 Å². The molecule has 0 bridgehead atoms. The fourth-order valence-electron chi connectivity index (χ4n) is 4.56. The van der Waals surface area contributed by atoms with E-state index < -0.39 is 22.5 Å². The van der Waals surface area contributed by atoms with Gasteiger partial charge in [-0.15, -0.1) is 0 Å². The van der Waals surface area contributed by atoms with Crippen LogP contribution in [0.5, 0.6) is 11.5 Å². The van der Waals surface area contributed by atoms with Crippen LogP contribution in [0.15, 0.2) is 86.0 Å². The second-order valence-electron chi connectivity index (χ2n) is 9.03. The summed E-state index contributed by atoms with van der Waals surface area (Å²) in [5.74, 6) is 0.301. The number of nitro groups is 1. The molecule has 2 aromatic carbocycles. The molecule has 1 atom stereocenters. The van der Waals surface area contributed by atoms with Crippen molar-refractivity contribution in [3.8, 4) is 11.5 Å². The van der Waals surface area contributed by atoms with Crippen molar-refractivity contribution in [2.45, 2.75) is 29.9 Å². The number of ether oxygens (including phenoxy) is 3. The molecule has 0 unspecified atom stereocenters. The highest BCUT2D eigenvalue weighted by Crippen LogP contribution is 2.36. The number of non-ortho nitro benzene ring substituents is 1. The number of benzene rings is 2. The van der Waals surface area contributed by atoms with Crippen LogP contribution >= 0.6 is 23.1 Å². The third-order valence-corrected chi connectivity index (χ3v) is 8.44. The molecule has 220 valence electrons. The van der Waals surface area contributed by atoms with Crippen LogP contribution in [0.1, 0.15) is 31.0 Å². The summed E-state index contributed by atoms with van der Waals surface area (Å²) in [7, 11) is 3.01. The average Bonchev–Trinajstić information content (AvgIpc) is 3.31. The summed E-state index contributed by atoms with van der Waals surface area (Å²) in [6, 6.07) is 10.3. The number of carbonyl (C=O) groups excluding carboxylic acids is 1. The van der Waals surface area contributed by atoms with Gasteiger partial charge in [-0.2, -0.15) is 0 Å². The highest BCUT2D eigenvalue weighted by atomic mass is 32.2. The molecule has 0 saturated heterocycles. The fourth-order valence-corrected chi connectivity index (χ4v) is 6.40. The van der Waals surface area contributed by atoms with Gasteiger partial charge in [0.1, 0.15) is 0 Å². The van der Waals surface area contributed by atoms with Gasteiger partial charge < -0.3 is 14.2 Å². The number of methoxy groups -OCH3 is 2. The van der Waals surface area contributed by atoms with Crippen LogP contribution in [0.4, 0.5) is 5.69 Å². The number of esters is 1. The van der Waals surface area contributed by atoms with Gasteiger partial charge >= 0.3 is 5.97 Å². The normalized spacial score (nSPS) is 14.6. The zero-order valence-corrected chi connectivity index (χ0v) is 25.1. The summed E-state index contributed by atoms with van der Waals surface area (Å²) in [6.45, 7) is 3.52. The highest BCUT2D eigenvalue weighted by molar-refractivity contribution is 7.99. The molecule has 12 nitrogen and oxygen atoms in total. The van der Waals surface area contributed by atoms with Crippen molar-refractivity contribution < 1.29 is 23.9 Å². The van der Waals surface area contributed by atoms with Crippen molar-refractivity contribution in [3.05, 3.63) is 107 Å². The summed E-state index contributed by atoms with van der Waals surface area (Å²) >= 11 is 2.32. The monoisotopic (exact) mass is 619 g/mol. The molecular formula is C29H25N5O7S2. The lowest BCUT2D eigenvalue weighted by atomic mass is 9.95. The van der Waals surface area contributed by atoms with Crippen molar-refractivity contribution in [2.24, 2.45) is 4.99 Å². The van der Waals surface area contributed by atoms with Crippen LogP contribution in [-0.4, -0.2) is 46.3 Å². The number of hydrogen-bond donors (Lipinski definition) is 0. The third-order valence-electron chi connectivity index (χ3n) is 6.47. The standard InChI is InChI=1S/C29H25N5O7S2/c1-5-41-27(36)24-16(2)32-29-33(25(24)17-7-9-20(39-3)21(14-17)40-4)26(35)23(43-29)15-18-13-19(34(37)38)8-10-22(18)42-28-30-11-6-12-31-28/h6-15,25H,5H2,1-4H3/b23-15+/t25-/m1/s1. The molecule has 0 radical (unpaired) electrons. The number of nitro benzene ring substituents is 1. The maximum absolute atomic E-state index is 14.1. The number of allylic oxidation sites excluding steroid dienone is 1. The van der Waals surface area contributed by atoms with Crippen molar-refractivity contribution in [1.29, 1.82) is 0 Å². The van der Waals surface area contributed by atoms with E-state index >= 15 is 0 Å². The number of nitrogens with zero attached hydrogens (tertiary/aromatic N) is 5. The molecule has 1 aliphatic heterocycles. The molecule has 5 rings (SSSR count). The molecule has 0 aliphatic carbocycles. The van der Waals surface area contributed by atoms with Crippen LogP contribution in [-0.2, 0) is 9.53 Å². The Bertz CT molecular complexity index is 1940. The van der Waals surface area contributed by atoms with E-state index in [1.54, 1.807) is 62.6 Å². The quantitative estimate of drug-likeness (QED) is 0.118. The van der Waals surface area contributed by atoms with Gasteiger partial charge in [0.2, 0.25) is 0 Å². The Hall–Kier alpha value is -4.82. The average molecular weight is 620 g/mol. The predicted molar refractivity (Wildman–Crippen MR) is 159 cm³/mol. The molecule has 0 spiro atoms. The molecule has 0 N–H and O–H groups in total. The van der Waals surface area contributed by atoms with Gasteiger partial charge in [0, 0.05) is 29.4 Å². The Morgan fingerprint density at radius 2 is 1.88 bits per heavy atom.